The normalized spacial score (nSPS) is 6.70. The maximum absolute atomic E-state index is 9.33. The second kappa shape index (κ2) is 16.3. The first-order valence-electron chi connectivity index (χ1n) is 3.06. The van der Waals surface area contributed by atoms with Gasteiger partial charge in [-0.3, -0.25) is 0 Å². The third kappa shape index (κ3) is 72.3. The Labute approximate surface area is 89.8 Å². The fourth-order valence-corrected chi connectivity index (χ4v) is 0.177. The molecule has 0 spiro atoms. The molecule has 2 heteroatoms. The van der Waals surface area contributed by atoms with E-state index in [1.165, 1.54) is 13.3 Å². The predicted molar refractivity (Wildman–Crippen MR) is 40.6 cm³/mol. The van der Waals surface area contributed by atoms with Crippen LogP contribution in [0.25, 0.3) is 0 Å². The van der Waals surface area contributed by atoms with Crippen molar-refractivity contribution in [1.29, 1.82) is 0 Å². The molecular weight excluding hydrogens is 201 g/mol. The minimum absolute atomic E-state index is 0. The van der Waals surface area contributed by atoms with Crippen molar-refractivity contribution in [3.8, 4) is 0 Å². The molecule has 56 valence electrons. The van der Waals surface area contributed by atoms with Crippen LogP contribution in [0.2, 0.25) is 0 Å². The van der Waals surface area contributed by atoms with Crippen LogP contribution in [-0.2, 0) is 37.5 Å². The number of carbonyl (C=O) groups is 1. The first kappa shape index (κ1) is 16.9. The summed E-state index contributed by atoms with van der Waals surface area (Å²) in [5, 5.41) is 0. The quantitative estimate of drug-likeness (QED) is 0.647. The molecule has 0 aliphatic rings. The molecule has 0 aromatic rings. The van der Waals surface area contributed by atoms with E-state index in [0.29, 0.717) is 0 Å². The van der Waals surface area contributed by atoms with Crippen LogP contribution < -0.4 is 0 Å². The maximum Gasteiger partial charge on any atom is 3.00 e. The van der Waals surface area contributed by atoms with Crippen LogP contribution in [0, 0.1) is 20.8 Å². The summed E-state index contributed by atoms with van der Waals surface area (Å²) in [5.41, 5.74) is 0. The molecule has 0 rings (SSSR count). The maximum atomic E-state index is 9.33. The van der Waals surface area contributed by atoms with E-state index in [9.17, 15) is 4.79 Å². The van der Waals surface area contributed by atoms with Gasteiger partial charge in [0.05, 0.1) is 0 Å². The summed E-state index contributed by atoms with van der Waals surface area (Å²) in [6.45, 7) is 11.7. The Morgan fingerprint density at radius 2 is 1.50 bits per heavy atom. The Balaban J connectivity index is -0.0000000910. The van der Waals surface area contributed by atoms with Crippen molar-refractivity contribution in [2.45, 2.75) is 26.2 Å². The van der Waals surface area contributed by atoms with Crippen molar-refractivity contribution in [2.75, 3.05) is 0 Å². The summed E-state index contributed by atoms with van der Waals surface area (Å²) < 4.78 is 0. The summed E-state index contributed by atoms with van der Waals surface area (Å²) in [5.74, 6) is -0.0833. The van der Waals surface area contributed by atoms with E-state index < -0.39 is 0 Å². The first-order valence-corrected chi connectivity index (χ1v) is 3.06. The van der Waals surface area contributed by atoms with Gasteiger partial charge >= 0.3 is 32.7 Å². The molecule has 1 nitrogen and oxygen atoms in total. The molecule has 0 aromatic carbocycles. The van der Waals surface area contributed by atoms with Crippen molar-refractivity contribution in [1.82, 2.24) is 0 Å². The number of Topliss-reactive ketones (excluding diaryl/α,β-unsaturated/α-hetero) is 1. The van der Waals surface area contributed by atoms with Gasteiger partial charge in [-0.2, -0.15) is 12.8 Å². The molecule has 10 heavy (non-hydrogen) atoms. The summed E-state index contributed by atoms with van der Waals surface area (Å²) in [6, 6.07) is 0. The van der Waals surface area contributed by atoms with Crippen LogP contribution in [-0.4, -0.2) is 5.78 Å². The largest absolute Gasteiger partial charge is 3.00 e. The smallest absolute Gasteiger partial charge is 0.343 e. The summed E-state index contributed by atoms with van der Waals surface area (Å²) in [6.07, 6.45) is 3.23. The zero-order valence-electron chi connectivity index (χ0n) is 6.73. The topological polar surface area (TPSA) is 17.1 Å². The molecule has 0 radical (unpaired) electrons. The minimum Gasteiger partial charge on any atom is -0.343 e. The second-order valence-corrected chi connectivity index (χ2v) is 1.76. The molecule has 0 heterocycles. The number of carbonyl (C=O) groups excluding carboxylic acids is 1. The molecular formula is C8H15OY. The third-order valence-corrected chi connectivity index (χ3v) is 0.500. The van der Waals surface area contributed by atoms with Gasteiger partial charge in [-0.25, -0.2) is 0 Å². The van der Waals surface area contributed by atoms with Gasteiger partial charge in [0.25, 0.3) is 0 Å². The van der Waals surface area contributed by atoms with Gasteiger partial charge in [-0.1, -0.05) is 0 Å². The number of ketones is 1. The van der Waals surface area contributed by atoms with Gasteiger partial charge in [0.1, 0.15) is 0 Å². The second-order valence-electron chi connectivity index (χ2n) is 1.76. The van der Waals surface area contributed by atoms with Crippen LogP contribution in [0.1, 0.15) is 26.2 Å². The predicted octanol–water partition coefficient (Wildman–Crippen LogP) is 2.23. The van der Waals surface area contributed by atoms with E-state index in [4.69, 9.17) is 0 Å². The fourth-order valence-electron chi connectivity index (χ4n) is 0.177. The molecule has 0 aliphatic heterocycles. The number of rotatable bonds is 2. The Bertz CT molecular complexity index is 56.3. The van der Waals surface area contributed by atoms with Crippen LogP contribution in [0.3, 0.4) is 0 Å². The molecule has 0 N–H and O–H groups in total. The van der Waals surface area contributed by atoms with Crippen LogP contribution in [0.4, 0.5) is 0 Å². The van der Waals surface area contributed by atoms with Gasteiger partial charge in [0.15, 0.2) is 0 Å². The van der Waals surface area contributed by atoms with Gasteiger partial charge in [0.2, 0.25) is 0 Å². The van der Waals surface area contributed by atoms with E-state index in [-0.39, 0.29) is 38.5 Å². The van der Waals surface area contributed by atoms with E-state index >= 15 is 0 Å². The van der Waals surface area contributed by atoms with Crippen molar-refractivity contribution >= 4 is 5.78 Å². The average molecular weight is 216 g/mol. The molecule has 0 saturated heterocycles. The standard InChI is InChI=1S/C5H10.C3H5O.Y/c1-3-5-4-2;1-3(2)4;/h1-5H2;1H2,2H3;/q-2;-1;+3. The summed E-state index contributed by atoms with van der Waals surface area (Å²) in [7, 11) is 0. The van der Waals surface area contributed by atoms with E-state index in [1.54, 1.807) is 0 Å². The van der Waals surface area contributed by atoms with Crippen LogP contribution in [0.5, 0.6) is 0 Å². The Hall–Kier alpha value is 0.644. The number of hydrogen-bond acceptors (Lipinski definition) is 1. The molecule has 0 saturated carbocycles. The average Bonchev–Trinajstić information content (AvgIpc) is 1.66. The Morgan fingerprint density at radius 1 is 1.30 bits per heavy atom. The van der Waals surface area contributed by atoms with Gasteiger partial charge < -0.3 is 25.6 Å². The zero-order chi connectivity index (χ0) is 7.70. The Kier molecular flexibility index (Phi) is 27.7. The molecule has 0 bridgehead atoms. The fraction of sp³-hybridized carbons (Fsp3) is 0.500. The molecule has 0 fully saturated rings. The third-order valence-electron chi connectivity index (χ3n) is 0.500. The van der Waals surface area contributed by atoms with Crippen molar-refractivity contribution in [2.24, 2.45) is 0 Å². The van der Waals surface area contributed by atoms with E-state index in [1.807, 2.05) is 0 Å². The van der Waals surface area contributed by atoms with Crippen LogP contribution in [0.15, 0.2) is 0 Å². The van der Waals surface area contributed by atoms with Crippen molar-refractivity contribution < 1.29 is 37.5 Å². The molecule has 0 unspecified atom stereocenters. The Morgan fingerprint density at radius 3 is 1.50 bits per heavy atom. The number of hydrogen-bond donors (Lipinski definition) is 0. The molecule has 0 aliphatic carbocycles. The number of unbranched alkanes of at least 4 members (excludes halogenated alkanes) is 2. The van der Waals surface area contributed by atoms with Gasteiger partial charge in [-0.15, -0.1) is 6.42 Å². The zero-order valence-corrected chi connectivity index (χ0v) is 9.57. The molecule has 0 amide bonds. The van der Waals surface area contributed by atoms with E-state index in [0.717, 1.165) is 12.8 Å². The summed E-state index contributed by atoms with van der Waals surface area (Å²) in [4.78, 5) is 9.33. The summed E-state index contributed by atoms with van der Waals surface area (Å²) >= 11 is 0. The van der Waals surface area contributed by atoms with Gasteiger partial charge in [-0.05, 0) is 12.7 Å². The first-order chi connectivity index (χ1) is 4.15. The molecule has 0 aromatic heterocycles. The molecule has 0 atom stereocenters. The van der Waals surface area contributed by atoms with Crippen LogP contribution >= 0.6 is 0 Å². The van der Waals surface area contributed by atoms with Crippen molar-refractivity contribution in [3.63, 3.8) is 0 Å². The van der Waals surface area contributed by atoms with E-state index in [2.05, 4.69) is 20.8 Å². The monoisotopic (exact) mass is 216 g/mol. The minimum atomic E-state index is -0.0833. The van der Waals surface area contributed by atoms with Gasteiger partial charge in [0, 0.05) is 0 Å². The SMILES string of the molecule is [CH2-]C(C)=O.[CH2-]CCC[CH2-].[Y+3]. The van der Waals surface area contributed by atoms with Crippen molar-refractivity contribution in [3.05, 3.63) is 20.8 Å².